The minimum atomic E-state index is 0.764. The summed E-state index contributed by atoms with van der Waals surface area (Å²) in [7, 11) is 5.61. The van der Waals surface area contributed by atoms with Crippen molar-refractivity contribution < 1.29 is 0 Å². The molecule has 0 rings (SSSR count). The third kappa shape index (κ3) is 7.69. The van der Waals surface area contributed by atoms with E-state index in [1.165, 1.54) is 0 Å². The molecule has 0 aromatic carbocycles. The van der Waals surface area contributed by atoms with Crippen LogP contribution in [0.25, 0.3) is 0 Å². The summed E-state index contributed by atoms with van der Waals surface area (Å²) in [5, 5.41) is 3.59. The second-order valence-corrected chi connectivity index (χ2v) is 1.84. The number of nitrogens with one attached hydrogen (secondary N) is 1. The van der Waals surface area contributed by atoms with Gasteiger partial charge in [0.05, 0.1) is 0 Å². The zero-order valence-electron chi connectivity index (χ0n) is 6.86. The van der Waals surface area contributed by atoms with E-state index in [0.29, 0.717) is 0 Å². The summed E-state index contributed by atoms with van der Waals surface area (Å²) >= 11 is 4.79. The first-order valence-corrected chi connectivity index (χ1v) is 3.48. The third-order valence-electron chi connectivity index (χ3n) is 0.620. The Morgan fingerprint density at radius 2 is 1.67 bits per heavy atom. The number of hydrogen-bond donors (Lipinski definition) is 1. The van der Waals surface area contributed by atoms with Gasteiger partial charge in [-0.1, -0.05) is 13.8 Å². The molecule has 2 nitrogen and oxygen atoms in total. The predicted molar refractivity (Wildman–Crippen MR) is 46.7 cm³/mol. The second kappa shape index (κ2) is 7.69. The highest BCUT2D eigenvalue weighted by Gasteiger charge is 1.88. The van der Waals surface area contributed by atoms with Crippen molar-refractivity contribution in [2.24, 2.45) is 0 Å². The van der Waals surface area contributed by atoms with E-state index < -0.39 is 0 Å². The van der Waals surface area contributed by atoms with Crippen LogP contribution in [0.5, 0.6) is 0 Å². The molecule has 0 atom stereocenters. The summed E-state index contributed by atoms with van der Waals surface area (Å²) < 4.78 is 0. The molecule has 0 aliphatic rings. The van der Waals surface area contributed by atoms with Crippen molar-refractivity contribution in [3.05, 3.63) is 0 Å². The Hall–Kier alpha value is -0.310. The van der Waals surface area contributed by atoms with Gasteiger partial charge in [-0.15, -0.1) is 0 Å². The number of rotatable bonds is 0. The van der Waals surface area contributed by atoms with E-state index in [2.05, 4.69) is 5.32 Å². The number of thiocarbonyl (C=S) groups is 1. The van der Waals surface area contributed by atoms with Gasteiger partial charge in [0, 0.05) is 21.1 Å². The van der Waals surface area contributed by atoms with Gasteiger partial charge in [0.1, 0.15) is 0 Å². The Bertz CT molecular complexity index is 71.5. The highest BCUT2D eigenvalue weighted by Crippen LogP contribution is 1.72. The first kappa shape index (κ1) is 11.5. The molecule has 0 aliphatic heterocycles. The first-order chi connectivity index (χ1) is 4.18. The van der Waals surface area contributed by atoms with Gasteiger partial charge in [0.25, 0.3) is 0 Å². The standard InChI is InChI=1S/C4H10N2S.C2H6/c1-5-4(7)6(2)3;1-2/h1-3H3,(H,5,7);1-2H3. The van der Waals surface area contributed by atoms with E-state index in [1.54, 1.807) is 0 Å². The lowest BCUT2D eigenvalue weighted by atomic mass is 10.9. The lowest BCUT2D eigenvalue weighted by Crippen LogP contribution is -2.30. The predicted octanol–water partition coefficient (Wildman–Crippen LogP) is 1.08. The average molecular weight is 148 g/mol. The molecular weight excluding hydrogens is 132 g/mol. The van der Waals surface area contributed by atoms with Gasteiger partial charge in [-0.25, -0.2) is 0 Å². The quantitative estimate of drug-likeness (QED) is 0.517. The molecule has 0 fully saturated rings. The molecule has 0 saturated heterocycles. The minimum Gasteiger partial charge on any atom is -0.366 e. The molecule has 0 amide bonds. The molecule has 0 aromatic heterocycles. The van der Waals surface area contributed by atoms with Crippen LogP contribution in [0.1, 0.15) is 13.8 Å². The largest absolute Gasteiger partial charge is 0.366 e. The van der Waals surface area contributed by atoms with E-state index in [-0.39, 0.29) is 0 Å². The van der Waals surface area contributed by atoms with Crippen LogP contribution in [-0.4, -0.2) is 31.2 Å². The zero-order valence-corrected chi connectivity index (χ0v) is 7.67. The smallest absolute Gasteiger partial charge is 0.168 e. The lowest BCUT2D eigenvalue weighted by Gasteiger charge is -2.11. The summed E-state index contributed by atoms with van der Waals surface area (Å²) in [6.45, 7) is 4.00. The number of hydrogen-bond acceptors (Lipinski definition) is 1. The maximum atomic E-state index is 4.79. The lowest BCUT2D eigenvalue weighted by molar-refractivity contribution is 0.612. The number of nitrogens with zero attached hydrogens (tertiary/aromatic N) is 1. The topological polar surface area (TPSA) is 15.3 Å². The Kier molecular flexibility index (Phi) is 9.81. The van der Waals surface area contributed by atoms with Gasteiger partial charge >= 0.3 is 0 Å². The van der Waals surface area contributed by atoms with E-state index >= 15 is 0 Å². The van der Waals surface area contributed by atoms with Crippen LogP contribution < -0.4 is 5.32 Å². The first-order valence-electron chi connectivity index (χ1n) is 3.07. The Labute approximate surface area is 63.2 Å². The average Bonchev–Trinajstić information content (AvgIpc) is 1.91. The summed E-state index contributed by atoms with van der Waals surface area (Å²) in [5.74, 6) is 0. The molecule has 9 heavy (non-hydrogen) atoms. The fourth-order valence-electron chi connectivity index (χ4n) is 0.224. The summed E-state index contributed by atoms with van der Waals surface area (Å²) in [4.78, 5) is 1.84. The van der Waals surface area contributed by atoms with Crippen molar-refractivity contribution in [1.29, 1.82) is 0 Å². The molecule has 0 unspecified atom stereocenters. The Morgan fingerprint density at radius 3 is 1.67 bits per heavy atom. The maximum Gasteiger partial charge on any atom is 0.168 e. The second-order valence-electron chi connectivity index (χ2n) is 1.45. The Morgan fingerprint density at radius 1 is 1.33 bits per heavy atom. The SMILES string of the molecule is CC.CNC(=S)N(C)C. The molecule has 0 saturated carbocycles. The van der Waals surface area contributed by atoms with Gasteiger partial charge in [0.2, 0.25) is 0 Å². The van der Waals surface area contributed by atoms with Crippen LogP contribution in [0.4, 0.5) is 0 Å². The van der Waals surface area contributed by atoms with E-state index in [9.17, 15) is 0 Å². The molecular formula is C6H16N2S. The van der Waals surface area contributed by atoms with E-state index in [4.69, 9.17) is 12.2 Å². The van der Waals surface area contributed by atoms with Crippen LogP contribution in [0, 0.1) is 0 Å². The molecule has 3 heteroatoms. The Balaban J connectivity index is 0. The van der Waals surface area contributed by atoms with Crippen molar-refractivity contribution in [2.45, 2.75) is 13.8 Å². The van der Waals surface area contributed by atoms with Gasteiger partial charge < -0.3 is 10.2 Å². The van der Waals surface area contributed by atoms with Crippen LogP contribution >= 0.6 is 12.2 Å². The van der Waals surface area contributed by atoms with Crippen LogP contribution in [0.2, 0.25) is 0 Å². The molecule has 0 bridgehead atoms. The van der Waals surface area contributed by atoms with Gasteiger partial charge in [0.15, 0.2) is 5.11 Å². The van der Waals surface area contributed by atoms with E-state index in [1.807, 2.05) is 39.9 Å². The molecule has 0 heterocycles. The molecule has 0 aliphatic carbocycles. The third-order valence-corrected chi connectivity index (χ3v) is 1.19. The zero-order chi connectivity index (χ0) is 7.86. The van der Waals surface area contributed by atoms with E-state index in [0.717, 1.165) is 5.11 Å². The molecule has 0 aromatic rings. The molecule has 1 N–H and O–H groups in total. The van der Waals surface area contributed by atoms with Crippen molar-refractivity contribution in [3.63, 3.8) is 0 Å². The molecule has 0 spiro atoms. The van der Waals surface area contributed by atoms with Gasteiger partial charge in [-0.3, -0.25) is 0 Å². The van der Waals surface area contributed by atoms with Crippen molar-refractivity contribution in [3.8, 4) is 0 Å². The summed E-state index contributed by atoms with van der Waals surface area (Å²) in [6.07, 6.45) is 0. The van der Waals surface area contributed by atoms with Crippen LogP contribution in [0.15, 0.2) is 0 Å². The normalized spacial score (nSPS) is 6.78. The van der Waals surface area contributed by atoms with Crippen LogP contribution in [-0.2, 0) is 0 Å². The molecule has 0 radical (unpaired) electrons. The van der Waals surface area contributed by atoms with Crippen LogP contribution in [0.3, 0.4) is 0 Å². The fourth-order valence-corrected chi connectivity index (χ4v) is 0.224. The molecule has 56 valence electrons. The van der Waals surface area contributed by atoms with Gasteiger partial charge in [-0.2, -0.15) is 0 Å². The highest BCUT2D eigenvalue weighted by atomic mass is 32.1. The monoisotopic (exact) mass is 148 g/mol. The summed E-state index contributed by atoms with van der Waals surface area (Å²) in [5.41, 5.74) is 0. The minimum absolute atomic E-state index is 0.764. The maximum absolute atomic E-state index is 4.79. The highest BCUT2D eigenvalue weighted by molar-refractivity contribution is 7.80. The van der Waals surface area contributed by atoms with Crippen molar-refractivity contribution in [1.82, 2.24) is 10.2 Å². The summed E-state index contributed by atoms with van der Waals surface area (Å²) in [6, 6.07) is 0. The van der Waals surface area contributed by atoms with Crippen molar-refractivity contribution >= 4 is 17.3 Å². The van der Waals surface area contributed by atoms with Crippen molar-refractivity contribution in [2.75, 3.05) is 21.1 Å². The van der Waals surface area contributed by atoms with Gasteiger partial charge in [-0.05, 0) is 12.2 Å². The fraction of sp³-hybridized carbons (Fsp3) is 0.833.